The maximum atomic E-state index is 12.2. The Kier molecular flexibility index (Phi) is 4.40. The first-order valence-corrected chi connectivity index (χ1v) is 6.81. The van der Waals surface area contributed by atoms with E-state index in [1.54, 1.807) is 0 Å². The van der Waals surface area contributed by atoms with Crippen LogP contribution in [0.25, 0.3) is 0 Å². The summed E-state index contributed by atoms with van der Waals surface area (Å²) in [6.07, 6.45) is 4.19. The predicted octanol–water partition coefficient (Wildman–Crippen LogP) is 0.539. The molecule has 0 aliphatic carbocycles. The van der Waals surface area contributed by atoms with Crippen molar-refractivity contribution in [1.29, 1.82) is 0 Å². The molecule has 1 amide bonds. The zero-order valence-electron chi connectivity index (χ0n) is 11.1. The van der Waals surface area contributed by atoms with E-state index in [1.165, 1.54) is 0 Å². The number of nitrogens with zero attached hydrogens (tertiary/aromatic N) is 2. The second-order valence-corrected chi connectivity index (χ2v) is 5.61. The maximum Gasteiger partial charge on any atom is 0.222 e. The summed E-state index contributed by atoms with van der Waals surface area (Å²) in [6.45, 7) is 4.31. The average Bonchev–Trinajstić information content (AvgIpc) is 2.76. The molecule has 1 N–H and O–H groups in total. The van der Waals surface area contributed by atoms with Crippen molar-refractivity contribution in [2.75, 3.05) is 40.3 Å². The van der Waals surface area contributed by atoms with Gasteiger partial charge in [-0.2, -0.15) is 0 Å². The van der Waals surface area contributed by atoms with Gasteiger partial charge in [0.2, 0.25) is 5.91 Å². The minimum Gasteiger partial charge on any atom is -0.341 e. The molecular formula is C13H25N3O. The van der Waals surface area contributed by atoms with Crippen LogP contribution in [-0.4, -0.2) is 62.0 Å². The van der Waals surface area contributed by atoms with Crippen LogP contribution in [0.15, 0.2) is 0 Å². The molecule has 1 unspecified atom stereocenters. The molecule has 98 valence electrons. The third-order valence-corrected chi connectivity index (χ3v) is 4.23. The van der Waals surface area contributed by atoms with Crippen LogP contribution in [0.1, 0.15) is 25.7 Å². The fourth-order valence-corrected chi connectivity index (χ4v) is 2.91. The lowest BCUT2D eigenvalue weighted by atomic mass is 9.94. The Labute approximate surface area is 104 Å². The van der Waals surface area contributed by atoms with Gasteiger partial charge in [-0.05, 0) is 51.9 Å². The Hall–Kier alpha value is -0.610. The van der Waals surface area contributed by atoms with Crippen molar-refractivity contribution in [3.05, 3.63) is 0 Å². The number of likely N-dealkylation sites (N-methyl/N-ethyl adjacent to an activating group) is 2. The minimum atomic E-state index is 0.345. The predicted molar refractivity (Wildman–Crippen MR) is 68.9 cm³/mol. The van der Waals surface area contributed by atoms with E-state index < -0.39 is 0 Å². The molecule has 0 aromatic rings. The normalized spacial score (nSPS) is 27.3. The second-order valence-electron chi connectivity index (χ2n) is 5.61. The number of carbonyl (C=O) groups is 1. The highest BCUT2D eigenvalue weighted by Crippen LogP contribution is 2.19. The summed E-state index contributed by atoms with van der Waals surface area (Å²) in [5, 5.41) is 3.35. The van der Waals surface area contributed by atoms with Gasteiger partial charge < -0.3 is 15.1 Å². The standard InChI is InChI=1S/C13H25N3O/c1-15-8-5-12(10-15)16(2)13(17)9-11-3-6-14-7-4-11/h11-12,14H,3-10H2,1-2H3. The van der Waals surface area contributed by atoms with Gasteiger partial charge in [-0.1, -0.05) is 0 Å². The molecule has 0 aromatic carbocycles. The topological polar surface area (TPSA) is 35.6 Å². The van der Waals surface area contributed by atoms with Crippen molar-refractivity contribution >= 4 is 5.91 Å². The van der Waals surface area contributed by atoms with Gasteiger partial charge in [-0.3, -0.25) is 4.79 Å². The van der Waals surface area contributed by atoms with Gasteiger partial charge in [-0.15, -0.1) is 0 Å². The van der Waals surface area contributed by atoms with Gasteiger partial charge >= 0.3 is 0 Å². The number of likely N-dealkylation sites (tertiary alicyclic amines) is 1. The second kappa shape index (κ2) is 5.83. The van der Waals surface area contributed by atoms with Crippen molar-refractivity contribution in [2.45, 2.75) is 31.7 Å². The van der Waals surface area contributed by atoms with E-state index in [1.807, 2.05) is 11.9 Å². The smallest absolute Gasteiger partial charge is 0.222 e. The van der Waals surface area contributed by atoms with Gasteiger partial charge in [0.1, 0.15) is 0 Å². The fourth-order valence-electron chi connectivity index (χ4n) is 2.91. The van der Waals surface area contributed by atoms with Crippen molar-refractivity contribution in [3.8, 4) is 0 Å². The first-order chi connectivity index (χ1) is 8.16. The molecule has 0 radical (unpaired) electrons. The van der Waals surface area contributed by atoms with E-state index in [9.17, 15) is 4.79 Å². The lowest BCUT2D eigenvalue weighted by molar-refractivity contribution is -0.132. The van der Waals surface area contributed by atoms with Crippen LogP contribution in [-0.2, 0) is 4.79 Å². The quantitative estimate of drug-likeness (QED) is 0.781. The lowest BCUT2D eigenvalue weighted by Crippen LogP contribution is -2.40. The molecule has 0 aromatic heterocycles. The van der Waals surface area contributed by atoms with Gasteiger partial charge in [0, 0.05) is 26.1 Å². The van der Waals surface area contributed by atoms with E-state index in [-0.39, 0.29) is 0 Å². The molecule has 17 heavy (non-hydrogen) atoms. The van der Waals surface area contributed by atoms with E-state index in [0.717, 1.165) is 51.9 Å². The Balaban J connectivity index is 1.78. The van der Waals surface area contributed by atoms with Gasteiger partial charge in [0.05, 0.1) is 0 Å². The molecule has 0 saturated carbocycles. The molecule has 2 heterocycles. The number of carbonyl (C=O) groups excluding carboxylic acids is 1. The molecule has 2 aliphatic heterocycles. The molecule has 2 aliphatic rings. The summed E-state index contributed by atoms with van der Waals surface area (Å²) >= 11 is 0. The molecule has 2 saturated heterocycles. The van der Waals surface area contributed by atoms with Gasteiger partial charge in [-0.25, -0.2) is 0 Å². The Morgan fingerprint density at radius 1 is 1.35 bits per heavy atom. The highest BCUT2D eigenvalue weighted by atomic mass is 16.2. The van der Waals surface area contributed by atoms with E-state index in [2.05, 4.69) is 17.3 Å². The number of nitrogens with one attached hydrogen (secondary N) is 1. The number of rotatable bonds is 3. The molecule has 0 bridgehead atoms. The minimum absolute atomic E-state index is 0.345. The van der Waals surface area contributed by atoms with Crippen LogP contribution in [0.5, 0.6) is 0 Å². The first kappa shape index (κ1) is 12.8. The fraction of sp³-hybridized carbons (Fsp3) is 0.923. The molecule has 0 spiro atoms. The van der Waals surface area contributed by atoms with Crippen molar-refractivity contribution in [3.63, 3.8) is 0 Å². The molecule has 4 heteroatoms. The molecule has 2 fully saturated rings. The number of hydrogen-bond acceptors (Lipinski definition) is 3. The monoisotopic (exact) mass is 239 g/mol. The molecular weight excluding hydrogens is 214 g/mol. The zero-order valence-corrected chi connectivity index (χ0v) is 11.1. The summed E-state index contributed by atoms with van der Waals surface area (Å²) in [5.74, 6) is 0.947. The summed E-state index contributed by atoms with van der Waals surface area (Å²) in [5.41, 5.74) is 0. The molecule has 1 atom stereocenters. The van der Waals surface area contributed by atoms with Gasteiger partial charge in [0.15, 0.2) is 0 Å². The summed E-state index contributed by atoms with van der Waals surface area (Å²) < 4.78 is 0. The molecule has 2 rings (SSSR count). The zero-order chi connectivity index (χ0) is 12.3. The largest absolute Gasteiger partial charge is 0.341 e. The van der Waals surface area contributed by atoms with Crippen LogP contribution in [0.4, 0.5) is 0 Å². The lowest BCUT2D eigenvalue weighted by Gasteiger charge is -2.28. The average molecular weight is 239 g/mol. The van der Waals surface area contributed by atoms with Crippen LogP contribution in [0.3, 0.4) is 0 Å². The van der Waals surface area contributed by atoms with Crippen LogP contribution < -0.4 is 5.32 Å². The summed E-state index contributed by atoms with van der Waals surface area (Å²) in [7, 11) is 4.11. The maximum absolute atomic E-state index is 12.2. The summed E-state index contributed by atoms with van der Waals surface area (Å²) in [4.78, 5) is 16.5. The Bertz CT molecular complexity index is 263. The number of amides is 1. The van der Waals surface area contributed by atoms with E-state index in [0.29, 0.717) is 17.9 Å². The van der Waals surface area contributed by atoms with Crippen LogP contribution >= 0.6 is 0 Å². The van der Waals surface area contributed by atoms with E-state index in [4.69, 9.17) is 0 Å². The highest BCUT2D eigenvalue weighted by molar-refractivity contribution is 5.76. The molecule has 4 nitrogen and oxygen atoms in total. The third-order valence-electron chi connectivity index (χ3n) is 4.23. The van der Waals surface area contributed by atoms with Gasteiger partial charge in [0.25, 0.3) is 0 Å². The first-order valence-electron chi connectivity index (χ1n) is 6.81. The van der Waals surface area contributed by atoms with Crippen LogP contribution in [0.2, 0.25) is 0 Å². The van der Waals surface area contributed by atoms with E-state index >= 15 is 0 Å². The Morgan fingerprint density at radius 3 is 2.65 bits per heavy atom. The van der Waals surface area contributed by atoms with Crippen molar-refractivity contribution < 1.29 is 4.79 Å². The summed E-state index contributed by atoms with van der Waals surface area (Å²) in [6, 6.07) is 0.439. The SMILES string of the molecule is CN1CCC(N(C)C(=O)CC2CCNCC2)C1. The van der Waals surface area contributed by atoms with Crippen LogP contribution in [0, 0.1) is 5.92 Å². The number of hydrogen-bond donors (Lipinski definition) is 1. The highest BCUT2D eigenvalue weighted by Gasteiger charge is 2.27. The van der Waals surface area contributed by atoms with Crippen molar-refractivity contribution in [1.82, 2.24) is 15.1 Å². The number of piperidine rings is 1. The Morgan fingerprint density at radius 2 is 2.06 bits per heavy atom. The third kappa shape index (κ3) is 3.42. The van der Waals surface area contributed by atoms with Crippen molar-refractivity contribution in [2.24, 2.45) is 5.92 Å².